The number of nitrogens with zero attached hydrogens (tertiary/aromatic N) is 1. The average Bonchev–Trinajstić information content (AvgIpc) is 2.31. The number of hydrogen-bond donors (Lipinski definition) is 0. The van der Waals surface area contributed by atoms with Gasteiger partial charge < -0.3 is 9.64 Å². The first-order valence-electron chi connectivity index (χ1n) is 6.57. The minimum atomic E-state index is 0.655. The van der Waals surface area contributed by atoms with Crippen LogP contribution < -0.4 is 4.90 Å². The zero-order valence-corrected chi connectivity index (χ0v) is 11.2. The first-order chi connectivity index (χ1) is 8.22. The van der Waals surface area contributed by atoms with Gasteiger partial charge in [-0.1, -0.05) is 17.7 Å². The predicted octanol–water partition coefficient (Wildman–Crippen LogP) is 3.52. The zero-order chi connectivity index (χ0) is 12.3. The molecule has 0 amide bonds. The number of rotatable bonds is 3. The van der Waals surface area contributed by atoms with Gasteiger partial charge in [0.25, 0.3) is 0 Å². The van der Waals surface area contributed by atoms with Gasteiger partial charge in [0.15, 0.2) is 0 Å². The van der Waals surface area contributed by atoms with Crippen molar-refractivity contribution in [2.24, 2.45) is 0 Å². The predicted molar refractivity (Wildman–Crippen MR) is 72.6 cm³/mol. The lowest BCUT2D eigenvalue weighted by atomic mass is 10.0. The molecule has 94 valence electrons. The number of ether oxygens (including phenoxy) is 1. The van der Waals surface area contributed by atoms with Crippen molar-refractivity contribution in [3.63, 3.8) is 0 Å². The molecule has 1 atom stereocenters. The molecule has 0 saturated carbocycles. The van der Waals surface area contributed by atoms with Gasteiger partial charge >= 0.3 is 0 Å². The van der Waals surface area contributed by atoms with Crippen LogP contribution in [0, 0.1) is 6.92 Å². The molecule has 2 rings (SSSR count). The maximum atomic E-state index is 5.32. The van der Waals surface area contributed by atoms with Crippen LogP contribution in [0.4, 0.5) is 5.69 Å². The van der Waals surface area contributed by atoms with Crippen LogP contribution in [0.5, 0.6) is 0 Å². The van der Waals surface area contributed by atoms with Crippen LogP contribution in [0.25, 0.3) is 0 Å². The summed E-state index contributed by atoms with van der Waals surface area (Å²) in [5.74, 6) is 0. The van der Waals surface area contributed by atoms with Crippen LogP contribution in [0.3, 0.4) is 0 Å². The van der Waals surface area contributed by atoms with E-state index < -0.39 is 0 Å². The highest BCUT2D eigenvalue weighted by molar-refractivity contribution is 5.55. The Morgan fingerprint density at radius 2 is 2.18 bits per heavy atom. The number of piperidine rings is 1. The van der Waals surface area contributed by atoms with E-state index in [1.165, 1.54) is 42.6 Å². The third-order valence-corrected chi connectivity index (χ3v) is 3.65. The van der Waals surface area contributed by atoms with Crippen molar-refractivity contribution < 1.29 is 4.74 Å². The minimum Gasteiger partial charge on any atom is -0.380 e. The van der Waals surface area contributed by atoms with Crippen molar-refractivity contribution in [1.29, 1.82) is 0 Å². The molecule has 2 heteroatoms. The van der Waals surface area contributed by atoms with Crippen LogP contribution in [0.15, 0.2) is 18.2 Å². The van der Waals surface area contributed by atoms with Crippen molar-refractivity contribution in [3.05, 3.63) is 29.3 Å². The molecule has 1 aromatic carbocycles. The normalized spacial score (nSPS) is 20.6. The molecule has 1 aliphatic rings. The summed E-state index contributed by atoms with van der Waals surface area (Å²) < 4.78 is 5.32. The fourth-order valence-corrected chi connectivity index (χ4v) is 2.72. The summed E-state index contributed by atoms with van der Waals surface area (Å²) in [7, 11) is 1.77. The van der Waals surface area contributed by atoms with Crippen LogP contribution >= 0.6 is 0 Å². The van der Waals surface area contributed by atoms with E-state index in [4.69, 9.17) is 4.74 Å². The highest BCUT2D eigenvalue weighted by Gasteiger charge is 2.20. The number of aryl methyl sites for hydroxylation is 1. The summed E-state index contributed by atoms with van der Waals surface area (Å²) in [6, 6.07) is 7.36. The van der Waals surface area contributed by atoms with Crippen molar-refractivity contribution in [1.82, 2.24) is 0 Å². The second-order valence-corrected chi connectivity index (χ2v) is 5.10. The maximum Gasteiger partial charge on any atom is 0.0733 e. The third kappa shape index (κ3) is 2.81. The summed E-state index contributed by atoms with van der Waals surface area (Å²) in [6.45, 7) is 6.36. The molecule has 1 saturated heterocycles. The summed E-state index contributed by atoms with van der Waals surface area (Å²) in [4.78, 5) is 2.54. The van der Waals surface area contributed by atoms with E-state index in [1.807, 2.05) is 0 Å². The van der Waals surface area contributed by atoms with E-state index in [9.17, 15) is 0 Å². The summed E-state index contributed by atoms with van der Waals surface area (Å²) in [5, 5.41) is 0. The maximum absolute atomic E-state index is 5.32. The Kier molecular flexibility index (Phi) is 4.06. The van der Waals surface area contributed by atoms with Crippen molar-refractivity contribution >= 4 is 5.69 Å². The first kappa shape index (κ1) is 12.4. The second-order valence-electron chi connectivity index (χ2n) is 5.10. The number of anilines is 1. The Labute approximate surface area is 105 Å². The van der Waals surface area contributed by atoms with Crippen molar-refractivity contribution in [3.8, 4) is 0 Å². The summed E-state index contributed by atoms with van der Waals surface area (Å²) in [6.07, 6.45) is 3.98. The molecular formula is C15H23NO. The summed E-state index contributed by atoms with van der Waals surface area (Å²) >= 11 is 0. The van der Waals surface area contributed by atoms with Crippen LogP contribution in [0.1, 0.15) is 37.3 Å². The Morgan fingerprint density at radius 1 is 1.35 bits per heavy atom. The van der Waals surface area contributed by atoms with Gasteiger partial charge in [0.05, 0.1) is 6.61 Å². The highest BCUT2D eigenvalue weighted by Crippen LogP contribution is 2.29. The smallest absolute Gasteiger partial charge is 0.0733 e. The Morgan fingerprint density at radius 3 is 2.88 bits per heavy atom. The summed E-state index contributed by atoms with van der Waals surface area (Å²) in [5.41, 5.74) is 4.00. The Bertz CT molecular complexity index is 375. The van der Waals surface area contributed by atoms with E-state index in [0.29, 0.717) is 12.6 Å². The monoisotopic (exact) mass is 233 g/mol. The molecule has 17 heavy (non-hydrogen) atoms. The number of hydrogen-bond acceptors (Lipinski definition) is 2. The largest absolute Gasteiger partial charge is 0.380 e. The van der Waals surface area contributed by atoms with Crippen LogP contribution in [-0.4, -0.2) is 19.7 Å². The van der Waals surface area contributed by atoms with Gasteiger partial charge in [-0.15, -0.1) is 0 Å². The van der Waals surface area contributed by atoms with Gasteiger partial charge in [0.1, 0.15) is 0 Å². The lowest BCUT2D eigenvalue weighted by molar-refractivity contribution is 0.185. The first-order valence-corrected chi connectivity index (χ1v) is 6.57. The van der Waals surface area contributed by atoms with Gasteiger partial charge in [-0.05, 0) is 39.2 Å². The van der Waals surface area contributed by atoms with Gasteiger partial charge in [-0.3, -0.25) is 0 Å². The van der Waals surface area contributed by atoms with Gasteiger partial charge in [-0.2, -0.15) is 0 Å². The topological polar surface area (TPSA) is 12.5 Å². The van der Waals surface area contributed by atoms with Gasteiger partial charge in [0, 0.05) is 30.9 Å². The fourth-order valence-electron chi connectivity index (χ4n) is 2.72. The SMILES string of the molecule is COCc1cc(C)ccc1N1CCCCC1C. The van der Waals surface area contributed by atoms with Crippen molar-refractivity contribution in [2.75, 3.05) is 18.6 Å². The van der Waals surface area contributed by atoms with Crippen molar-refractivity contribution in [2.45, 2.75) is 45.8 Å². The van der Waals surface area contributed by atoms with E-state index in [2.05, 4.69) is 36.9 Å². The number of benzene rings is 1. The molecule has 1 heterocycles. The molecule has 1 unspecified atom stereocenters. The molecule has 0 aromatic heterocycles. The molecule has 0 bridgehead atoms. The fraction of sp³-hybridized carbons (Fsp3) is 0.600. The van der Waals surface area contributed by atoms with Gasteiger partial charge in [-0.25, -0.2) is 0 Å². The molecule has 0 radical (unpaired) electrons. The Balaban J connectivity index is 2.29. The van der Waals surface area contributed by atoms with E-state index in [0.717, 1.165) is 0 Å². The lowest BCUT2D eigenvalue weighted by Crippen LogP contribution is -2.38. The molecule has 0 spiro atoms. The molecule has 1 aliphatic heterocycles. The van der Waals surface area contributed by atoms with Crippen LogP contribution in [-0.2, 0) is 11.3 Å². The van der Waals surface area contributed by atoms with E-state index in [1.54, 1.807) is 7.11 Å². The number of methoxy groups -OCH3 is 1. The van der Waals surface area contributed by atoms with Crippen LogP contribution in [0.2, 0.25) is 0 Å². The quantitative estimate of drug-likeness (QED) is 0.792. The zero-order valence-electron chi connectivity index (χ0n) is 11.2. The van der Waals surface area contributed by atoms with E-state index in [-0.39, 0.29) is 0 Å². The molecular weight excluding hydrogens is 210 g/mol. The minimum absolute atomic E-state index is 0.655. The molecule has 2 nitrogen and oxygen atoms in total. The molecule has 1 aromatic rings. The van der Waals surface area contributed by atoms with Gasteiger partial charge in [0.2, 0.25) is 0 Å². The van der Waals surface area contributed by atoms with E-state index >= 15 is 0 Å². The average molecular weight is 233 g/mol. The Hall–Kier alpha value is -1.02. The standard InChI is InChI=1S/C15H23NO/c1-12-7-8-15(14(10-12)11-17-3)16-9-5-4-6-13(16)2/h7-8,10,13H,4-6,9,11H2,1-3H3. The molecule has 0 aliphatic carbocycles. The second kappa shape index (κ2) is 5.54. The third-order valence-electron chi connectivity index (χ3n) is 3.65. The lowest BCUT2D eigenvalue weighted by Gasteiger charge is -2.36. The molecule has 0 N–H and O–H groups in total. The molecule has 1 fully saturated rings. The highest BCUT2D eigenvalue weighted by atomic mass is 16.5.